The summed E-state index contributed by atoms with van der Waals surface area (Å²) in [6.45, 7) is 0. The van der Waals surface area contributed by atoms with E-state index >= 15 is 0 Å². The van der Waals surface area contributed by atoms with Crippen molar-refractivity contribution < 1.29 is 19.4 Å². The minimum atomic E-state index is -0.951. The molecule has 3 aliphatic carbocycles. The van der Waals surface area contributed by atoms with Crippen molar-refractivity contribution >= 4 is 5.78 Å². The molecule has 122 valence electrons. The van der Waals surface area contributed by atoms with Crippen molar-refractivity contribution in [3.05, 3.63) is 23.3 Å². The standard InChI is InChI=1S/C18H21NO4/c1-22-13-3-2-9-8-10-11(19)4-6-17-14(9)15(13)23-16(17)12(20)5-7-18(10,17)21/h2-3,10-11,16,21H,4-8,19H2,1H3/t10-,11?,16-,17-,18+/m0/s1. The van der Waals surface area contributed by atoms with E-state index in [0.717, 1.165) is 24.0 Å². The monoisotopic (exact) mass is 315 g/mol. The maximum Gasteiger partial charge on any atom is 0.174 e. The van der Waals surface area contributed by atoms with E-state index in [2.05, 4.69) is 6.07 Å². The van der Waals surface area contributed by atoms with E-state index in [9.17, 15) is 9.90 Å². The van der Waals surface area contributed by atoms with Crippen molar-refractivity contribution in [2.24, 2.45) is 11.7 Å². The van der Waals surface area contributed by atoms with Crippen LogP contribution in [0.4, 0.5) is 0 Å². The van der Waals surface area contributed by atoms with Gasteiger partial charge in [-0.15, -0.1) is 0 Å². The third-order valence-corrected chi connectivity index (χ3v) is 6.82. The zero-order valence-corrected chi connectivity index (χ0v) is 13.2. The molecule has 5 rings (SSSR count). The molecule has 1 aromatic carbocycles. The maximum absolute atomic E-state index is 12.6. The van der Waals surface area contributed by atoms with Crippen molar-refractivity contribution in [3.63, 3.8) is 0 Å². The number of ketones is 1. The molecule has 0 aromatic heterocycles. The van der Waals surface area contributed by atoms with Crippen LogP contribution in [0, 0.1) is 5.92 Å². The number of carbonyl (C=O) groups excluding carboxylic acids is 1. The molecule has 5 atom stereocenters. The van der Waals surface area contributed by atoms with Gasteiger partial charge in [0.1, 0.15) is 0 Å². The van der Waals surface area contributed by atoms with E-state index in [1.54, 1.807) is 7.11 Å². The van der Waals surface area contributed by atoms with Gasteiger partial charge in [0.2, 0.25) is 0 Å². The molecule has 0 radical (unpaired) electrons. The third kappa shape index (κ3) is 1.32. The van der Waals surface area contributed by atoms with Crippen molar-refractivity contribution in [2.75, 3.05) is 7.11 Å². The van der Waals surface area contributed by atoms with E-state index in [4.69, 9.17) is 15.2 Å². The Hall–Kier alpha value is -1.59. The molecule has 0 saturated heterocycles. The van der Waals surface area contributed by atoms with Gasteiger partial charge < -0.3 is 20.3 Å². The second-order valence-corrected chi connectivity index (χ2v) is 7.50. The van der Waals surface area contributed by atoms with Gasteiger partial charge in [0.25, 0.3) is 0 Å². The fourth-order valence-corrected chi connectivity index (χ4v) is 5.84. The van der Waals surface area contributed by atoms with Gasteiger partial charge in [0.15, 0.2) is 23.4 Å². The third-order valence-electron chi connectivity index (χ3n) is 6.82. The quantitative estimate of drug-likeness (QED) is 0.810. The lowest BCUT2D eigenvalue weighted by Crippen LogP contribution is -2.73. The summed E-state index contributed by atoms with van der Waals surface area (Å²) >= 11 is 0. The highest BCUT2D eigenvalue weighted by Gasteiger charge is 2.72. The van der Waals surface area contributed by atoms with Crippen LogP contribution in [0.5, 0.6) is 11.5 Å². The molecule has 2 saturated carbocycles. The lowest BCUT2D eigenvalue weighted by atomic mass is 9.45. The smallest absolute Gasteiger partial charge is 0.174 e. The van der Waals surface area contributed by atoms with Gasteiger partial charge >= 0.3 is 0 Å². The summed E-state index contributed by atoms with van der Waals surface area (Å²) < 4.78 is 11.6. The number of methoxy groups -OCH3 is 1. The SMILES string of the molecule is COc1ccc2c3c1O[C@H]1C(=O)CC[C@@]4(O)[C@@H](C2)C(N)CC[C@]314. The first kappa shape index (κ1) is 13.8. The van der Waals surface area contributed by atoms with E-state index in [1.807, 2.05) is 6.07 Å². The number of Topliss-reactive ketones (excluding diaryl/α,β-unsaturated/α-hetero) is 1. The Labute approximate surface area is 134 Å². The Morgan fingerprint density at radius 3 is 3.00 bits per heavy atom. The van der Waals surface area contributed by atoms with Gasteiger partial charge in [-0.2, -0.15) is 0 Å². The average Bonchev–Trinajstić information content (AvgIpc) is 2.90. The van der Waals surface area contributed by atoms with Crippen LogP contribution in [0.3, 0.4) is 0 Å². The lowest BCUT2D eigenvalue weighted by molar-refractivity contribution is -0.180. The van der Waals surface area contributed by atoms with Crippen LogP contribution in [0.1, 0.15) is 36.8 Å². The Morgan fingerprint density at radius 2 is 2.22 bits per heavy atom. The van der Waals surface area contributed by atoms with Crippen LogP contribution < -0.4 is 15.2 Å². The Balaban J connectivity index is 1.86. The maximum atomic E-state index is 12.6. The van der Waals surface area contributed by atoms with E-state index in [1.165, 1.54) is 0 Å². The molecule has 4 aliphatic rings. The molecule has 0 amide bonds. The molecule has 5 nitrogen and oxygen atoms in total. The number of hydrogen-bond donors (Lipinski definition) is 2. The molecule has 5 heteroatoms. The van der Waals surface area contributed by atoms with Gasteiger partial charge in [0.05, 0.1) is 18.1 Å². The molecule has 23 heavy (non-hydrogen) atoms. The topological polar surface area (TPSA) is 81.8 Å². The van der Waals surface area contributed by atoms with E-state index < -0.39 is 17.1 Å². The summed E-state index contributed by atoms with van der Waals surface area (Å²) in [4.78, 5) is 12.6. The first-order valence-electron chi connectivity index (χ1n) is 8.40. The average molecular weight is 315 g/mol. The number of aliphatic hydroxyl groups is 1. The van der Waals surface area contributed by atoms with Gasteiger partial charge in [-0.1, -0.05) is 6.07 Å². The van der Waals surface area contributed by atoms with Gasteiger partial charge in [-0.05, 0) is 37.3 Å². The van der Waals surface area contributed by atoms with Gasteiger partial charge in [-0.3, -0.25) is 4.79 Å². The van der Waals surface area contributed by atoms with E-state index in [0.29, 0.717) is 30.8 Å². The van der Waals surface area contributed by atoms with Gasteiger partial charge in [-0.25, -0.2) is 0 Å². The van der Waals surface area contributed by atoms with Crippen LogP contribution in [0.15, 0.2) is 12.1 Å². The fourth-order valence-electron chi connectivity index (χ4n) is 5.84. The largest absolute Gasteiger partial charge is 0.493 e. The van der Waals surface area contributed by atoms with Crippen molar-refractivity contribution in [2.45, 2.75) is 55.3 Å². The minimum Gasteiger partial charge on any atom is -0.493 e. The number of carbonyl (C=O) groups is 1. The summed E-state index contributed by atoms with van der Waals surface area (Å²) in [6, 6.07) is 3.92. The second kappa shape index (κ2) is 4.08. The molecule has 1 spiro atoms. The van der Waals surface area contributed by atoms with Crippen LogP contribution in [-0.4, -0.2) is 35.7 Å². The Morgan fingerprint density at radius 1 is 1.39 bits per heavy atom. The summed E-state index contributed by atoms with van der Waals surface area (Å²) in [5.41, 5.74) is 6.96. The van der Waals surface area contributed by atoms with Crippen LogP contribution in [0.25, 0.3) is 0 Å². The number of hydrogen-bond acceptors (Lipinski definition) is 5. The molecule has 2 fully saturated rings. The highest BCUT2D eigenvalue weighted by atomic mass is 16.5. The van der Waals surface area contributed by atoms with Crippen LogP contribution in [0.2, 0.25) is 0 Å². The molecule has 3 N–H and O–H groups in total. The predicted molar refractivity (Wildman–Crippen MR) is 82.7 cm³/mol. The number of rotatable bonds is 1. The molecule has 1 unspecified atom stereocenters. The molecular formula is C18H21NO4. The predicted octanol–water partition coefficient (Wildman–Crippen LogP) is 1.08. The zero-order chi connectivity index (χ0) is 16.0. The fraction of sp³-hybridized carbons (Fsp3) is 0.611. The summed E-state index contributed by atoms with van der Waals surface area (Å²) in [6.07, 6.45) is 2.51. The Bertz CT molecular complexity index is 732. The van der Waals surface area contributed by atoms with Crippen molar-refractivity contribution in [1.29, 1.82) is 0 Å². The lowest BCUT2D eigenvalue weighted by Gasteiger charge is -2.61. The molecule has 2 bridgehead atoms. The molecular weight excluding hydrogens is 294 g/mol. The summed E-state index contributed by atoms with van der Waals surface area (Å²) in [5.74, 6) is 1.39. The summed E-state index contributed by atoms with van der Waals surface area (Å²) in [7, 11) is 1.61. The van der Waals surface area contributed by atoms with Crippen molar-refractivity contribution in [3.8, 4) is 11.5 Å². The normalized spacial score (nSPS) is 42.9. The van der Waals surface area contributed by atoms with Crippen LogP contribution >= 0.6 is 0 Å². The molecule has 1 aromatic rings. The van der Waals surface area contributed by atoms with E-state index in [-0.39, 0.29) is 17.7 Å². The highest BCUT2D eigenvalue weighted by molar-refractivity contribution is 5.90. The number of nitrogens with two attached hydrogens (primary N) is 1. The second-order valence-electron chi connectivity index (χ2n) is 7.50. The molecule has 1 aliphatic heterocycles. The Kier molecular flexibility index (Phi) is 2.45. The first-order chi connectivity index (χ1) is 11.0. The number of benzene rings is 1. The number of ether oxygens (including phenoxy) is 2. The summed E-state index contributed by atoms with van der Waals surface area (Å²) in [5, 5.41) is 11.7. The first-order valence-corrected chi connectivity index (χ1v) is 8.40. The zero-order valence-electron chi connectivity index (χ0n) is 13.2. The molecule has 1 heterocycles. The van der Waals surface area contributed by atoms with Gasteiger partial charge in [0, 0.05) is 23.9 Å². The van der Waals surface area contributed by atoms with Crippen molar-refractivity contribution in [1.82, 2.24) is 0 Å². The van der Waals surface area contributed by atoms with Crippen LogP contribution in [-0.2, 0) is 16.6 Å². The highest BCUT2D eigenvalue weighted by Crippen LogP contribution is 2.66. The minimum absolute atomic E-state index is 0.0118.